The molecule has 2 aromatic carbocycles. The maximum absolute atomic E-state index is 13.3. The number of nitrogens with one attached hydrogen (secondary N) is 1. The molecule has 20 heavy (non-hydrogen) atoms. The predicted molar refractivity (Wildman–Crippen MR) is 79.4 cm³/mol. The van der Waals surface area contributed by atoms with Gasteiger partial charge in [-0.2, -0.15) is 0 Å². The molecule has 0 aliphatic carbocycles. The molecule has 0 bridgehead atoms. The van der Waals surface area contributed by atoms with Crippen molar-refractivity contribution in [3.05, 3.63) is 65.7 Å². The van der Waals surface area contributed by atoms with E-state index in [1.807, 2.05) is 37.3 Å². The monoisotopic (exact) mass is 269 g/mol. The molecule has 1 heterocycles. The molecule has 1 aromatic heterocycles. The van der Waals surface area contributed by atoms with Gasteiger partial charge in [0.25, 0.3) is 0 Å². The number of benzene rings is 2. The largest absolute Gasteiger partial charge is 0.459 e. The molecule has 0 spiro atoms. The van der Waals surface area contributed by atoms with Crippen molar-refractivity contribution in [3.8, 4) is 0 Å². The molecular weight excluding hydrogens is 253 g/mol. The van der Waals surface area contributed by atoms with Crippen LogP contribution in [-0.2, 0) is 0 Å². The molecule has 3 aromatic rings. The molecule has 0 amide bonds. The van der Waals surface area contributed by atoms with Crippen LogP contribution in [-0.4, -0.2) is 0 Å². The second-order valence-electron chi connectivity index (χ2n) is 5.02. The van der Waals surface area contributed by atoms with Crippen molar-refractivity contribution in [3.63, 3.8) is 0 Å². The van der Waals surface area contributed by atoms with Gasteiger partial charge in [-0.05, 0) is 49.7 Å². The standard InChI is InChI=1S/C17H16FNO/c1-11-9-14(7-8-15(11)18)19-12(2)17-10-13-5-3-4-6-16(13)20-17/h3-10,12,19H,1-2H3. The van der Waals surface area contributed by atoms with Gasteiger partial charge in [0, 0.05) is 11.1 Å². The van der Waals surface area contributed by atoms with Gasteiger partial charge in [-0.1, -0.05) is 18.2 Å². The van der Waals surface area contributed by atoms with Crippen LogP contribution in [0.3, 0.4) is 0 Å². The number of rotatable bonds is 3. The topological polar surface area (TPSA) is 25.2 Å². The first kappa shape index (κ1) is 12.7. The molecule has 1 N–H and O–H groups in total. The third-order valence-corrected chi connectivity index (χ3v) is 3.41. The first-order valence-corrected chi connectivity index (χ1v) is 6.64. The maximum atomic E-state index is 13.3. The lowest BCUT2D eigenvalue weighted by Gasteiger charge is -2.13. The number of anilines is 1. The molecule has 0 saturated heterocycles. The van der Waals surface area contributed by atoms with Crippen LogP contribution in [0.4, 0.5) is 10.1 Å². The number of aryl methyl sites for hydroxylation is 1. The molecule has 0 aliphatic heterocycles. The van der Waals surface area contributed by atoms with Gasteiger partial charge in [0.15, 0.2) is 0 Å². The Bertz CT molecular complexity index is 715. The van der Waals surface area contributed by atoms with Crippen LogP contribution in [0.1, 0.15) is 24.3 Å². The van der Waals surface area contributed by atoms with Crippen molar-refractivity contribution >= 4 is 16.7 Å². The highest BCUT2D eigenvalue weighted by Crippen LogP contribution is 2.26. The summed E-state index contributed by atoms with van der Waals surface area (Å²) in [6.07, 6.45) is 0. The second kappa shape index (κ2) is 5.00. The Labute approximate surface area is 117 Å². The summed E-state index contributed by atoms with van der Waals surface area (Å²) < 4.78 is 19.1. The average molecular weight is 269 g/mol. The summed E-state index contributed by atoms with van der Waals surface area (Å²) in [6, 6.07) is 15.0. The lowest BCUT2D eigenvalue weighted by Crippen LogP contribution is -2.05. The molecule has 0 aliphatic rings. The lowest BCUT2D eigenvalue weighted by atomic mass is 10.1. The number of halogens is 1. The van der Waals surface area contributed by atoms with E-state index in [9.17, 15) is 4.39 Å². The highest BCUT2D eigenvalue weighted by molar-refractivity contribution is 5.77. The predicted octanol–water partition coefficient (Wildman–Crippen LogP) is 5.05. The molecule has 0 radical (unpaired) electrons. The Kier molecular flexibility index (Phi) is 3.18. The van der Waals surface area contributed by atoms with Crippen LogP contribution in [0.2, 0.25) is 0 Å². The Hall–Kier alpha value is -2.29. The Morgan fingerprint density at radius 1 is 1.10 bits per heavy atom. The van der Waals surface area contributed by atoms with Gasteiger partial charge in [-0.25, -0.2) is 4.39 Å². The minimum absolute atomic E-state index is 0.0206. The van der Waals surface area contributed by atoms with E-state index in [-0.39, 0.29) is 11.9 Å². The number of para-hydroxylation sites is 1. The molecule has 2 nitrogen and oxygen atoms in total. The van der Waals surface area contributed by atoms with E-state index < -0.39 is 0 Å². The van der Waals surface area contributed by atoms with Crippen molar-refractivity contribution in [1.29, 1.82) is 0 Å². The van der Waals surface area contributed by atoms with Crippen molar-refractivity contribution < 1.29 is 8.81 Å². The zero-order valence-electron chi connectivity index (χ0n) is 11.5. The van der Waals surface area contributed by atoms with Crippen molar-refractivity contribution in [2.45, 2.75) is 19.9 Å². The molecular formula is C17H16FNO. The van der Waals surface area contributed by atoms with Crippen molar-refractivity contribution in [2.75, 3.05) is 5.32 Å². The molecule has 1 unspecified atom stereocenters. The first-order valence-electron chi connectivity index (χ1n) is 6.64. The van der Waals surface area contributed by atoms with Gasteiger partial charge in [0.1, 0.15) is 17.2 Å². The fourth-order valence-electron chi connectivity index (χ4n) is 2.27. The van der Waals surface area contributed by atoms with Gasteiger partial charge in [0.05, 0.1) is 6.04 Å². The van der Waals surface area contributed by atoms with E-state index in [1.165, 1.54) is 6.07 Å². The number of hydrogen-bond donors (Lipinski definition) is 1. The van der Waals surface area contributed by atoms with Crippen LogP contribution < -0.4 is 5.32 Å². The Balaban J connectivity index is 1.84. The van der Waals surface area contributed by atoms with Crippen LogP contribution in [0, 0.1) is 12.7 Å². The van der Waals surface area contributed by atoms with Gasteiger partial charge in [0.2, 0.25) is 0 Å². The van der Waals surface area contributed by atoms with E-state index in [0.717, 1.165) is 22.4 Å². The summed E-state index contributed by atoms with van der Waals surface area (Å²) in [7, 11) is 0. The number of hydrogen-bond acceptors (Lipinski definition) is 2. The Morgan fingerprint density at radius 2 is 1.90 bits per heavy atom. The molecule has 0 fully saturated rings. The van der Waals surface area contributed by atoms with Crippen LogP contribution in [0.5, 0.6) is 0 Å². The zero-order chi connectivity index (χ0) is 14.1. The molecule has 1 atom stereocenters. The maximum Gasteiger partial charge on any atom is 0.134 e. The molecule has 3 heteroatoms. The summed E-state index contributed by atoms with van der Waals surface area (Å²) >= 11 is 0. The SMILES string of the molecule is Cc1cc(NC(C)c2cc3ccccc3o2)ccc1F. The van der Waals surface area contributed by atoms with Crippen LogP contribution >= 0.6 is 0 Å². The van der Waals surface area contributed by atoms with Crippen molar-refractivity contribution in [1.82, 2.24) is 0 Å². The fraction of sp³-hybridized carbons (Fsp3) is 0.176. The molecule has 0 saturated carbocycles. The fourth-order valence-corrected chi connectivity index (χ4v) is 2.27. The van der Waals surface area contributed by atoms with E-state index in [4.69, 9.17) is 4.42 Å². The highest BCUT2D eigenvalue weighted by Gasteiger charge is 2.11. The summed E-state index contributed by atoms with van der Waals surface area (Å²) in [6.45, 7) is 3.78. The van der Waals surface area contributed by atoms with Crippen LogP contribution in [0.15, 0.2) is 52.9 Å². The average Bonchev–Trinajstić information content (AvgIpc) is 2.87. The van der Waals surface area contributed by atoms with Crippen LogP contribution in [0.25, 0.3) is 11.0 Å². The summed E-state index contributed by atoms with van der Waals surface area (Å²) in [5.41, 5.74) is 2.40. The van der Waals surface area contributed by atoms with Crippen molar-refractivity contribution in [2.24, 2.45) is 0 Å². The van der Waals surface area contributed by atoms with Gasteiger partial charge in [-0.15, -0.1) is 0 Å². The molecule has 3 rings (SSSR count). The van der Waals surface area contributed by atoms with E-state index in [0.29, 0.717) is 5.56 Å². The lowest BCUT2D eigenvalue weighted by molar-refractivity contribution is 0.526. The Morgan fingerprint density at radius 3 is 2.65 bits per heavy atom. The van der Waals surface area contributed by atoms with Gasteiger partial charge >= 0.3 is 0 Å². The normalized spacial score (nSPS) is 12.6. The smallest absolute Gasteiger partial charge is 0.134 e. The summed E-state index contributed by atoms with van der Waals surface area (Å²) in [5, 5.41) is 4.42. The zero-order valence-corrected chi connectivity index (χ0v) is 11.5. The third-order valence-electron chi connectivity index (χ3n) is 3.41. The molecule has 102 valence electrons. The highest BCUT2D eigenvalue weighted by atomic mass is 19.1. The van der Waals surface area contributed by atoms with E-state index in [2.05, 4.69) is 5.32 Å². The quantitative estimate of drug-likeness (QED) is 0.719. The second-order valence-corrected chi connectivity index (χ2v) is 5.02. The first-order chi connectivity index (χ1) is 9.63. The number of furan rings is 1. The number of fused-ring (bicyclic) bond motifs is 1. The third kappa shape index (κ3) is 2.39. The van der Waals surface area contributed by atoms with E-state index >= 15 is 0 Å². The minimum atomic E-state index is -0.188. The van der Waals surface area contributed by atoms with E-state index in [1.54, 1.807) is 19.1 Å². The minimum Gasteiger partial charge on any atom is -0.459 e. The van der Waals surface area contributed by atoms with Gasteiger partial charge in [-0.3, -0.25) is 0 Å². The van der Waals surface area contributed by atoms with Gasteiger partial charge < -0.3 is 9.73 Å². The summed E-state index contributed by atoms with van der Waals surface area (Å²) in [5.74, 6) is 0.681. The summed E-state index contributed by atoms with van der Waals surface area (Å²) in [4.78, 5) is 0.